The molecule has 0 heterocycles. The lowest BCUT2D eigenvalue weighted by atomic mass is 10.3. The summed E-state index contributed by atoms with van der Waals surface area (Å²) in [5, 5.41) is 17.5. The molecule has 0 aliphatic carbocycles. The van der Waals surface area contributed by atoms with Crippen molar-refractivity contribution in [2.24, 2.45) is 0 Å². The lowest BCUT2D eigenvalue weighted by Gasteiger charge is -2.08. The highest BCUT2D eigenvalue weighted by Crippen LogP contribution is 1.93. The van der Waals surface area contributed by atoms with E-state index in [0.717, 1.165) is 12.8 Å². The lowest BCUT2D eigenvalue weighted by molar-refractivity contribution is 0.0232. The zero-order valence-corrected chi connectivity index (χ0v) is 7.12. The Morgan fingerprint density at radius 3 is 2.73 bits per heavy atom. The van der Waals surface area contributed by atoms with Crippen LogP contribution in [0.15, 0.2) is 0 Å². The normalized spacial score (nSPS) is 13.4. The molecule has 0 rings (SSSR count). The molecule has 68 valence electrons. The highest BCUT2D eigenvalue weighted by atomic mass is 16.5. The Morgan fingerprint density at radius 2 is 2.18 bits per heavy atom. The van der Waals surface area contributed by atoms with Gasteiger partial charge in [0, 0.05) is 13.2 Å². The van der Waals surface area contributed by atoms with Crippen LogP contribution < -0.4 is 0 Å². The Labute approximate surface area is 68.0 Å². The SMILES string of the molecule is CCCCOC[C@H](O)CCO. The first kappa shape index (κ1) is 10.9. The van der Waals surface area contributed by atoms with E-state index in [-0.39, 0.29) is 6.61 Å². The van der Waals surface area contributed by atoms with Gasteiger partial charge in [-0.1, -0.05) is 13.3 Å². The number of hydrogen-bond donors (Lipinski definition) is 2. The minimum absolute atomic E-state index is 0.0261. The molecule has 0 amide bonds. The van der Waals surface area contributed by atoms with Gasteiger partial charge in [0.2, 0.25) is 0 Å². The van der Waals surface area contributed by atoms with Crippen LogP contribution in [-0.4, -0.2) is 36.1 Å². The zero-order valence-electron chi connectivity index (χ0n) is 7.12. The van der Waals surface area contributed by atoms with Gasteiger partial charge in [-0.15, -0.1) is 0 Å². The van der Waals surface area contributed by atoms with Gasteiger partial charge in [-0.05, 0) is 12.8 Å². The molecule has 1 atom stereocenters. The average Bonchev–Trinajstić information content (AvgIpc) is 1.99. The molecule has 0 aliphatic heterocycles. The highest BCUT2D eigenvalue weighted by Gasteiger charge is 2.01. The molecule has 0 aliphatic rings. The highest BCUT2D eigenvalue weighted by molar-refractivity contribution is 4.51. The summed E-state index contributed by atoms with van der Waals surface area (Å²) in [6.07, 6.45) is 2.05. The van der Waals surface area contributed by atoms with Crippen LogP contribution in [0.2, 0.25) is 0 Å². The van der Waals surface area contributed by atoms with E-state index >= 15 is 0 Å². The van der Waals surface area contributed by atoms with Crippen LogP contribution in [-0.2, 0) is 4.74 Å². The summed E-state index contributed by atoms with van der Waals surface area (Å²) < 4.78 is 5.13. The third kappa shape index (κ3) is 7.78. The third-order valence-electron chi connectivity index (χ3n) is 1.41. The molecule has 0 aromatic rings. The first-order valence-electron chi connectivity index (χ1n) is 4.18. The van der Waals surface area contributed by atoms with E-state index in [0.29, 0.717) is 19.6 Å². The van der Waals surface area contributed by atoms with Crippen LogP contribution in [0, 0.1) is 0 Å². The summed E-state index contributed by atoms with van der Waals surface area (Å²) in [5.74, 6) is 0. The van der Waals surface area contributed by atoms with Crippen molar-refractivity contribution >= 4 is 0 Å². The maximum Gasteiger partial charge on any atom is 0.0795 e. The summed E-state index contributed by atoms with van der Waals surface area (Å²) in [4.78, 5) is 0. The molecule has 2 N–H and O–H groups in total. The molecule has 0 radical (unpaired) electrons. The summed E-state index contributed by atoms with van der Waals surface area (Å²) >= 11 is 0. The van der Waals surface area contributed by atoms with Crippen LogP contribution in [0.5, 0.6) is 0 Å². The Kier molecular flexibility index (Phi) is 7.89. The summed E-state index contributed by atoms with van der Waals surface area (Å²) in [7, 11) is 0. The molecule has 0 unspecified atom stereocenters. The number of rotatable bonds is 7. The quantitative estimate of drug-likeness (QED) is 0.537. The third-order valence-corrected chi connectivity index (χ3v) is 1.41. The van der Waals surface area contributed by atoms with Crippen molar-refractivity contribution in [2.75, 3.05) is 19.8 Å². The van der Waals surface area contributed by atoms with Crippen molar-refractivity contribution < 1.29 is 14.9 Å². The maximum atomic E-state index is 9.06. The molecule has 0 saturated carbocycles. The molecule has 0 aromatic heterocycles. The first-order chi connectivity index (χ1) is 5.31. The summed E-state index contributed by atoms with van der Waals surface area (Å²) in [6, 6.07) is 0. The van der Waals surface area contributed by atoms with Crippen LogP contribution in [0.3, 0.4) is 0 Å². The van der Waals surface area contributed by atoms with E-state index in [4.69, 9.17) is 14.9 Å². The van der Waals surface area contributed by atoms with Crippen LogP contribution >= 0.6 is 0 Å². The molecule has 0 bridgehead atoms. The Bertz CT molecular complexity index is 75.7. The van der Waals surface area contributed by atoms with Gasteiger partial charge in [0.25, 0.3) is 0 Å². The van der Waals surface area contributed by atoms with E-state index in [1.807, 2.05) is 0 Å². The molecule has 0 fully saturated rings. The van der Waals surface area contributed by atoms with Crippen molar-refractivity contribution in [1.29, 1.82) is 0 Å². The predicted octanol–water partition coefficient (Wildman–Crippen LogP) is 0.546. The second-order valence-corrected chi connectivity index (χ2v) is 2.59. The van der Waals surface area contributed by atoms with Crippen molar-refractivity contribution in [3.8, 4) is 0 Å². The fourth-order valence-electron chi connectivity index (χ4n) is 0.698. The predicted molar refractivity (Wildman–Crippen MR) is 43.4 cm³/mol. The summed E-state index contributed by atoms with van der Waals surface area (Å²) in [5.41, 5.74) is 0. The molecule has 11 heavy (non-hydrogen) atoms. The van der Waals surface area contributed by atoms with E-state index < -0.39 is 6.10 Å². The van der Waals surface area contributed by atoms with Gasteiger partial charge in [-0.25, -0.2) is 0 Å². The van der Waals surface area contributed by atoms with Gasteiger partial charge in [0.15, 0.2) is 0 Å². The topological polar surface area (TPSA) is 49.7 Å². The maximum absolute atomic E-state index is 9.06. The van der Waals surface area contributed by atoms with Crippen molar-refractivity contribution in [2.45, 2.75) is 32.3 Å². The Balaban J connectivity index is 2.97. The molecule has 0 saturated heterocycles. The Morgan fingerprint density at radius 1 is 1.45 bits per heavy atom. The van der Waals surface area contributed by atoms with E-state index in [2.05, 4.69) is 6.92 Å². The zero-order chi connectivity index (χ0) is 8.53. The standard InChI is InChI=1S/C8H18O3/c1-2-3-6-11-7-8(10)4-5-9/h8-10H,2-7H2,1H3/t8-/m1/s1. The molecule has 3 heteroatoms. The van der Waals surface area contributed by atoms with Crippen LogP contribution in [0.4, 0.5) is 0 Å². The van der Waals surface area contributed by atoms with Gasteiger partial charge in [-0.3, -0.25) is 0 Å². The number of aliphatic hydroxyl groups is 2. The second kappa shape index (κ2) is 7.98. The molecular formula is C8H18O3. The molecule has 0 aromatic carbocycles. The van der Waals surface area contributed by atoms with Gasteiger partial charge in [-0.2, -0.15) is 0 Å². The number of hydrogen-bond acceptors (Lipinski definition) is 3. The van der Waals surface area contributed by atoms with E-state index in [1.165, 1.54) is 0 Å². The Hall–Kier alpha value is -0.120. The largest absolute Gasteiger partial charge is 0.396 e. The van der Waals surface area contributed by atoms with E-state index in [9.17, 15) is 0 Å². The van der Waals surface area contributed by atoms with Crippen molar-refractivity contribution in [1.82, 2.24) is 0 Å². The summed E-state index contributed by atoms with van der Waals surface area (Å²) in [6.45, 7) is 3.17. The first-order valence-corrected chi connectivity index (χ1v) is 4.18. The number of aliphatic hydroxyl groups excluding tert-OH is 2. The lowest BCUT2D eigenvalue weighted by Crippen LogP contribution is -2.16. The van der Waals surface area contributed by atoms with Crippen molar-refractivity contribution in [3.63, 3.8) is 0 Å². The number of ether oxygens (including phenoxy) is 1. The van der Waals surface area contributed by atoms with Crippen LogP contribution in [0.1, 0.15) is 26.2 Å². The van der Waals surface area contributed by atoms with Gasteiger partial charge in [0.1, 0.15) is 0 Å². The van der Waals surface area contributed by atoms with Crippen molar-refractivity contribution in [3.05, 3.63) is 0 Å². The van der Waals surface area contributed by atoms with E-state index in [1.54, 1.807) is 0 Å². The smallest absolute Gasteiger partial charge is 0.0795 e. The van der Waals surface area contributed by atoms with Gasteiger partial charge < -0.3 is 14.9 Å². The van der Waals surface area contributed by atoms with Gasteiger partial charge in [0.05, 0.1) is 12.7 Å². The van der Waals surface area contributed by atoms with Gasteiger partial charge >= 0.3 is 0 Å². The molecular weight excluding hydrogens is 144 g/mol. The fourth-order valence-corrected chi connectivity index (χ4v) is 0.698. The monoisotopic (exact) mass is 162 g/mol. The van der Waals surface area contributed by atoms with Crippen LogP contribution in [0.25, 0.3) is 0 Å². The fraction of sp³-hybridized carbons (Fsp3) is 1.00. The minimum Gasteiger partial charge on any atom is -0.396 e. The molecule has 3 nitrogen and oxygen atoms in total. The molecule has 0 spiro atoms. The average molecular weight is 162 g/mol. The minimum atomic E-state index is -0.503. The number of unbranched alkanes of at least 4 members (excludes halogenated alkanes) is 1. The second-order valence-electron chi connectivity index (χ2n) is 2.59.